The van der Waals surface area contributed by atoms with Crippen LogP contribution >= 0.6 is 0 Å². The van der Waals surface area contributed by atoms with E-state index in [4.69, 9.17) is 9.68 Å². The molecule has 1 fully saturated rings. The Kier molecular flexibility index (Phi) is 3.25. The van der Waals surface area contributed by atoms with Crippen molar-refractivity contribution in [3.05, 3.63) is 17.3 Å². The van der Waals surface area contributed by atoms with Gasteiger partial charge in [-0.15, -0.1) is 0 Å². The van der Waals surface area contributed by atoms with E-state index in [0.717, 1.165) is 30.4 Å². The summed E-state index contributed by atoms with van der Waals surface area (Å²) in [6.07, 6.45) is 3.06. The van der Waals surface area contributed by atoms with Gasteiger partial charge in [-0.2, -0.15) is 5.26 Å². The molecule has 86 valence electrons. The lowest BCUT2D eigenvalue weighted by atomic mass is 10.3. The van der Waals surface area contributed by atoms with Crippen LogP contribution in [0.3, 0.4) is 0 Å². The predicted molar refractivity (Wildman–Crippen MR) is 59.6 cm³/mol. The fraction of sp³-hybridized carbons (Fsp3) is 0.667. The lowest BCUT2D eigenvalue weighted by molar-refractivity contribution is 0.232. The maximum atomic E-state index is 8.62. The van der Waals surface area contributed by atoms with E-state index in [0.29, 0.717) is 12.5 Å². The third kappa shape index (κ3) is 2.61. The largest absolute Gasteiger partial charge is 0.444 e. The number of hydrogen-bond acceptors (Lipinski definition) is 4. The average Bonchev–Trinajstić information content (AvgIpc) is 3.03. The van der Waals surface area contributed by atoms with Crippen molar-refractivity contribution in [2.45, 2.75) is 45.7 Å². The molecule has 1 saturated carbocycles. The topological polar surface area (TPSA) is 53.1 Å². The van der Waals surface area contributed by atoms with Crippen LogP contribution in [0.15, 0.2) is 4.42 Å². The number of nitrogens with zero attached hydrogens (tertiary/aromatic N) is 3. The number of aryl methyl sites for hydroxylation is 2. The van der Waals surface area contributed by atoms with Gasteiger partial charge in [0.05, 0.1) is 18.3 Å². The van der Waals surface area contributed by atoms with E-state index < -0.39 is 0 Å². The number of nitriles is 1. The summed E-state index contributed by atoms with van der Waals surface area (Å²) in [5.74, 6) is 1.67. The third-order valence-electron chi connectivity index (χ3n) is 2.99. The van der Waals surface area contributed by atoms with Crippen LogP contribution < -0.4 is 0 Å². The van der Waals surface area contributed by atoms with Gasteiger partial charge in [0, 0.05) is 19.0 Å². The molecule has 0 aromatic carbocycles. The Morgan fingerprint density at radius 1 is 1.50 bits per heavy atom. The van der Waals surface area contributed by atoms with Crippen molar-refractivity contribution in [1.29, 1.82) is 5.26 Å². The van der Waals surface area contributed by atoms with Gasteiger partial charge in [-0.05, 0) is 26.7 Å². The molecule has 4 heteroatoms. The van der Waals surface area contributed by atoms with Crippen LogP contribution in [-0.4, -0.2) is 22.5 Å². The molecule has 0 N–H and O–H groups in total. The van der Waals surface area contributed by atoms with Crippen molar-refractivity contribution < 1.29 is 4.42 Å². The quantitative estimate of drug-likeness (QED) is 0.761. The van der Waals surface area contributed by atoms with Crippen molar-refractivity contribution in [2.24, 2.45) is 0 Å². The molecule has 1 aliphatic rings. The molecule has 16 heavy (non-hydrogen) atoms. The van der Waals surface area contributed by atoms with Gasteiger partial charge in [0.1, 0.15) is 5.76 Å². The van der Waals surface area contributed by atoms with Gasteiger partial charge in [-0.3, -0.25) is 4.90 Å². The maximum absolute atomic E-state index is 8.62. The molecule has 0 spiro atoms. The van der Waals surface area contributed by atoms with E-state index in [2.05, 4.69) is 16.0 Å². The minimum Gasteiger partial charge on any atom is -0.444 e. The second kappa shape index (κ2) is 4.67. The summed E-state index contributed by atoms with van der Waals surface area (Å²) < 4.78 is 5.57. The van der Waals surface area contributed by atoms with E-state index in [1.807, 2.05) is 13.8 Å². The summed E-state index contributed by atoms with van der Waals surface area (Å²) in [5, 5.41) is 8.62. The van der Waals surface area contributed by atoms with Crippen LogP contribution in [0.1, 0.15) is 36.6 Å². The molecule has 1 heterocycles. The summed E-state index contributed by atoms with van der Waals surface area (Å²) in [6, 6.07) is 2.83. The van der Waals surface area contributed by atoms with Gasteiger partial charge in [-0.25, -0.2) is 4.98 Å². The zero-order chi connectivity index (χ0) is 11.5. The lowest BCUT2D eigenvalue weighted by Gasteiger charge is -2.18. The fourth-order valence-corrected chi connectivity index (χ4v) is 1.80. The van der Waals surface area contributed by atoms with Gasteiger partial charge in [-0.1, -0.05) is 0 Å². The summed E-state index contributed by atoms with van der Waals surface area (Å²) >= 11 is 0. The third-order valence-corrected chi connectivity index (χ3v) is 2.99. The van der Waals surface area contributed by atoms with Gasteiger partial charge < -0.3 is 4.42 Å². The molecule has 0 radical (unpaired) electrons. The Morgan fingerprint density at radius 2 is 2.25 bits per heavy atom. The first kappa shape index (κ1) is 11.2. The van der Waals surface area contributed by atoms with Gasteiger partial charge >= 0.3 is 0 Å². The zero-order valence-corrected chi connectivity index (χ0v) is 9.86. The minimum atomic E-state index is 0.579. The number of oxazole rings is 1. The second-order valence-electron chi connectivity index (χ2n) is 4.36. The van der Waals surface area contributed by atoms with Crippen LogP contribution in [-0.2, 0) is 6.54 Å². The molecule has 1 aromatic heterocycles. The highest BCUT2D eigenvalue weighted by Gasteiger charge is 2.29. The van der Waals surface area contributed by atoms with Crippen LogP contribution in [0.5, 0.6) is 0 Å². The molecule has 1 aliphatic carbocycles. The van der Waals surface area contributed by atoms with E-state index >= 15 is 0 Å². The normalized spacial score (nSPS) is 15.4. The highest BCUT2D eigenvalue weighted by Crippen LogP contribution is 2.28. The van der Waals surface area contributed by atoms with Crippen molar-refractivity contribution in [2.75, 3.05) is 6.54 Å². The molecule has 0 saturated heterocycles. The van der Waals surface area contributed by atoms with E-state index in [1.54, 1.807) is 0 Å². The SMILES string of the molecule is Cc1nc(CN(CCC#N)C2CC2)oc1C. The summed E-state index contributed by atoms with van der Waals surface area (Å²) in [4.78, 5) is 6.68. The van der Waals surface area contributed by atoms with Crippen molar-refractivity contribution in [3.63, 3.8) is 0 Å². The number of aromatic nitrogens is 1. The Bertz CT molecular complexity index is 381. The Balaban J connectivity index is 1.97. The Labute approximate surface area is 95.9 Å². The number of rotatable bonds is 5. The smallest absolute Gasteiger partial charge is 0.208 e. The molecule has 2 rings (SSSR count). The second-order valence-corrected chi connectivity index (χ2v) is 4.36. The molecule has 0 atom stereocenters. The fourth-order valence-electron chi connectivity index (χ4n) is 1.80. The Morgan fingerprint density at radius 3 is 2.75 bits per heavy atom. The molecule has 0 bridgehead atoms. The van der Waals surface area contributed by atoms with Crippen LogP contribution in [0, 0.1) is 25.2 Å². The van der Waals surface area contributed by atoms with Gasteiger partial charge in [0.2, 0.25) is 5.89 Å². The van der Waals surface area contributed by atoms with Gasteiger partial charge in [0.15, 0.2) is 0 Å². The van der Waals surface area contributed by atoms with Crippen molar-refractivity contribution in [3.8, 4) is 6.07 Å². The van der Waals surface area contributed by atoms with E-state index in [9.17, 15) is 0 Å². The molecular weight excluding hydrogens is 202 g/mol. The molecule has 0 unspecified atom stereocenters. The van der Waals surface area contributed by atoms with E-state index in [1.165, 1.54) is 12.8 Å². The lowest BCUT2D eigenvalue weighted by Crippen LogP contribution is -2.26. The minimum absolute atomic E-state index is 0.579. The predicted octanol–water partition coefficient (Wildman–Crippen LogP) is 2.17. The first-order chi connectivity index (χ1) is 7.70. The van der Waals surface area contributed by atoms with Crippen LogP contribution in [0.25, 0.3) is 0 Å². The molecule has 1 aromatic rings. The van der Waals surface area contributed by atoms with Crippen molar-refractivity contribution in [1.82, 2.24) is 9.88 Å². The first-order valence-corrected chi connectivity index (χ1v) is 5.74. The highest BCUT2D eigenvalue weighted by molar-refractivity contribution is 5.05. The summed E-state index contributed by atoms with van der Waals surface area (Å²) in [5.41, 5.74) is 0.964. The highest BCUT2D eigenvalue weighted by atomic mass is 16.4. The molecule has 4 nitrogen and oxygen atoms in total. The van der Waals surface area contributed by atoms with Crippen LogP contribution in [0.4, 0.5) is 0 Å². The Hall–Kier alpha value is -1.34. The average molecular weight is 219 g/mol. The summed E-state index contributed by atoms with van der Waals surface area (Å²) in [7, 11) is 0. The standard InChI is InChI=1S/C12H17N3O/c1-9-10(2)16-12(14-9)8-15(7-3-6-13)11-4-5-11/h11H,3-5,7-8H2,1-2H3. The molecular formula is C12H17N3O. The monoisotopic (exact) mass is 219 g/mol. The molecule has 0 aliphatic heterocycles. The zero-order valence-electron chi connectivity index (χ0n) is 9.86. The summed E-state index contributed by atoms with van der Waals surface area (Å²) in [6.45, 7) is 5.45. The van der Waals surface area contributed by atoms with Crippen molar-refractivity contribution >= 4 is 0 Å². The van der Waals surface area contributed by atoms with E-state index in [-0.39, 0.29) is 0 Å². The molecule has 0 amide bonds. The maximum Gasteiger partial charge on any atom is 0.208 e. The van der Waals surface area contributed by atoms with Gasteiger partial charge in [0.25, 0.3) is 0 Å². The first-order valence-electron chi connectivity index (χ1n) is 5.74. The number of hydrogen-bond donors (Lipinski definition) is 0. The van der Waals surface area contributed by atoms with Crippen LogP contribution in [0.2, 0.25) is 0 Å².